The predicted molar refractivity (Wildman–Crippen MR) is 139 cm³/mol. The van der Waals surface area contributed by atoms with Gasteiger partial charge in [-0.15, -0.1) is 0 Å². The minimum absolute atomic E-state index is 0.0388. The van der Waals surface area contributed by atoms with Gasteiger partial charge in [0, 0.05) is 51.1 Å². The summed E-state index contributed by atoms with van der Waals surface area (Å²) in [6, 6.07) is 11.7. The molecular weight excluding hydrogens is 509 g/mol. The average Bonchev–Trinajstić information content (AvgIpc) is 3.22. The van der Waals surface area contributed by atoms with Crippen molar-refractivity contribution in [3.63, 3.8) is 0 Å². The van der Waals surface area contributed by atoms with Crippen molar-refractivity contribution < 1.29 is 17.9 Å². The van der Waals surface area contributed by atoms with Gasteiger partial charge in [0.2, 0.25) is 10.0 Å². The van der Waals surface area contributed by atoms with Crippen LogP contribution in [-0.2, 0) is 10.0 Å². The van der Waals surface area contributed by atoms with Gasteiger partial charge in [0.15, 0.2) is 0 Å². The van der Waals surface area contributed by atoms with E-state index in [9.17, 15) is 13.2 Å². The molecular formula is C25H31Cl2N3O4S. The van der Waals surface area contributed by atoms with E-state index in [0.29, 0.717) is 55.9 Å². The van der Waals surface area contributed by atoms with Crippen LogP contribution in [0.1, 0.15) is 22.6 Å². The minimum Gasteiger partial charge on any atom is -0.493 e. The van der Waals surface area contributed by atoms with E-state index in [-0.39, 0.29) is 17.9 Å². The number of likely N-dealkylation sites (tertiary alicyclic amines) is 1. The van der Waals surface area contributed by atoms with Gasteiger partial charge in [-0.3, -0.25) is 0 Å². The molecule has 2 heterocycles. The summed E-state index contributed by atoms with van der Waals surface area (Å²) in [5, 5.41) is 0.980. The van der Waals surface area contributed by atoms with Crippen molar-refractivity contribution in [3.05, 3.63) is 63.1 Å². The lowest BCUT2D eigenvalue weighted by atomic mass is 9.89. The van der Waals surface area contributed by atoms with Crippen LogP contribution in [0.5, 0.6) is 5.75 Å². The monoisotopic (exact) mass is 539 g/mol. The lowest BCUT2D eigenvalue weighted by molar-refractivity contribution is 0.139. The van der Waals surface area contributed by atoms with Crippen molar-refractivity contribution in [3.8, 4) is 5.75 Å². The number of urea groups is 1. The molecule has 0 bridgehead atoms. The maximum atomic E-state index is 13.4. The Labute approximate surface area is 217 Å². The van der Waals surface area contributed by atoms with Crippen LogP contribution in [0.2, 0.25) is 10.0 Å². The zero-order chi connectivity index (χ0) is 25.3. The molecule has 0 N–H and O–H groups in total. The maximum absolute atomic E-state index is 13.4. The van der Waals surface area contributed by atoms with Crippen LogP contribution < -0.4 is 4.74 Å². The van der Waals surface area contributed by atoms with Crippen LogP contribution in [0, 0.1) is 19.8 Å². The molecule has 1 unspecified atom stereocenters. The van der Waals surface area contributed by atoms with Gasteiger partial charge < -0.3 is 14.5 Å². The molecule has 10 heteroatoms. The molecule has 2 fully saturated rings. The van der Waals surface area contributed by atoms with Crippen LogP contribution in [-0.4, -0.2) is 80.7 Å². The number of hydrogen-bond donors (Lipinski definition) is 0. The standard InChI is InChI=1S/C25H31Cl2N3O4S/c1-17-10-18(2)12-21(11-17)34-16-20-14-29(15-22(20)19-4-5-23(26)24(27)13-19)25(31)28-6-8-30(9-7-28)35(3,32)33/h4-5,10-13,20,22H,6-9,14-16H2,1-3H3/t20-,22?/m0/s1. The summed E-state index contributed by atoms with van der Waals surface area (Å²) in [5.74, 6) is 0.920. The number of sulfonamides is 1. The SMILES string of the molecule is Cc1cc(C)cc(OC[C@@H]2CN(C(=O)N3CCN(S(C)(=O)=O)CC3)CC2c2ccc(Cl)c(Cl)c2)c1. The van der Waals surface area contributed by atoms with Crippen LogP contribution in [0.25, 0.3) is 0 Å². The number of halogens is 2. The normalized spacial score (nSPS) is 21.4. The van der Waals surface area contributed by atoms with Gasteiger partial charge in [-0.25, -0.2) is 13.2 Å². The topological polar surface area (TPSA) is 70.2 Å². The number of piperazine rings is 1. The smallest absolute Gasteiger partial charge is 0.320 e. The predicted octanol–water partition coefficient (Wildman–Crippen LogP) is 4.40. The second kappa shape index (κ2) is 10.5. The number of carbonyl (C=O) groups is 1. The van der Waals surface area contributed by atoms with Crippen molar-refractivity contribution in [2.75, 3.05) is 52.1 Å². The third-order valence-electron chi connectivity index (χ3n) is 6.72. The molecule has 0 aliphatic carbocycles. The molecule has 2 amide bonds. The fraction of sp³-hybridized carbons (Fsp3) is 0.480. The minimum atomic E-state index is -3.25. The number of rotatable bonds is 5. The van der Waals surface area contributed by atoms with Crippen LogP contribution in [0.3, 0.4) is 0 Å². The van der Waals surface area contributed by atoms with Crippen molar-refractivity contribution in [2.24, 2.45) is 5.92 Å². The van der Waals surface area contributed by atoms with E-state index in [0.717, 1.165) is 22.4 Å². The molecule has 4 rings (SSSR count). The van der Waals surface area contributed by atoms with Crippen LogP contribution >= 0.6 is 23.2 Å². The number of carbonyl (C=O) groups excluding carboxylic acids is 1. The maximum Gasteiger partial charge on any atom is 0.320 e. The Bertz CT molecular complexity index is 1180. The van der Waals surface area contributed by atoms with E-state index in [2.05, 4.69) is 6.07 Å². The molecule has 0 radical (unpaired) electrons. The van der Waals surface area contributed by atoms with Crippen molar-refractivity contribution in [1.82, 2.24) is 14.1 Å². The summed E-state index contributed by atoms with van der Waals surface area (Å²) in [6.45, 7) is 6.99. The summed E-state index contributed by atoms with van der Waals surface area (Å²) < 4.78 is 31.3. The lowest BCUT2D eigenvalue weighted by Crippen LogP contribution is -2.53. The Kier molecular flexibility index (Phi) is 7.86. The Hall–Kier alpha value is -2.00. The Balaban J connectivity index is 1.49. The zero-order valence-corrected chi connectivity index (χ0v) is 22.5. The number of amides is 2. The molecule has 2 aliphatic heterocycles. The molecule has 7 nitrogen and oxygen atoms in total. The largest absolute Gasteiger partial charge is 0.493 e. The molecule has 0 aromatic heterocycles. The summed E-state index contributed by atoms with van der Waals surface area (Å²) in [5.41, 5.74) is 3.29. The van der Waals surface area contributed by atoms with E-state index >= 15 is 0 Å². The van der Waals surface area contributed by atoms with Gasteiger partial charge in [-0.1, -0.05) is 35.3 Å². The summed E-state index contributed by atoms with van der Waals surface area (Å²) in [7, 11) is -3.25. The number of benzene rings is 2. The number of nitrogens with zero attached hydrogens (tertiary/aromatic N) is 3. The van der Waals surface area contributed by atoms with Crippen LogP contribution in [0.15, 0.2) is 36.4 Å². The van der Waals surface area contributed by atoms with Gasteiger partial charge >= 0.3 is 6.03 Å². The third kappa shape index (κ3) is 6.23. The second-order valence-corrected chi connectivity index (χ2v) is 12.3. The fourth-order valence-electron chi connectivity index (χ4n) is 4.95. The molecule has 0 spiro atoms. The quantitative estimate of drug-likeness (QED) is 0.564. The Morgan fingerprint density at radius 3 is 2.20 bits per heavy atom. The number of ether oxygens (including phenoxy) is 1. The van der Waals surface area contributed by atoms with Gasteiger partial charge in [0.05, 0.1) is 22.9 Å². The number of hydrogen-bond acceptors (Lipinski definition) is 4. The van der Waals surface area contributed by atoms with Crippen molar-refractivity contribution in [1.29, 1.82) is 0 Å². The third-order valence-corrected chi connectivity index (χ3v) is 8.76. The molecule has 2 aliphatic rings. The molecule has 2 aromatic carbocycles. The first kappa shape index (κ1) is 26.1. The highest BCUT2D eigenvalue weighted by atomic mass is 35.5. The summed E-state index contributed by atoms with van der Waals surface area (Å²) in [4.78, 5) is 16.9. The van der Waals surface area contributed by atoms with Crippen LogP contribution in [0.4, 0.5) is 4.79 Å². The van der Waals surface area contributed by atoms with Gasteiger partial charge in [-0.05, 0) is 54.8 Å². The van der Waals surface area contributed by atoms with Gasteiger partial charge in [0.25, 0.3) is 0 Å². The molecule has 2 atom stereocenters. The molecule has 35 heavy (non-hydrogen) atoms. The lowest BCUT2D eigenvalue weighted by Gasteiger charge is -2.35. The molecule has 2 saturated heterocycles. The highest BCUT2D eigenvalue weighted by Crippen LogP contribution is 2.36. The molecule has 2 aromatic rings. The first-order valence-corrected chi connectivity index (χ1v) is 14.3. The van der Waals surface area contributed by atoms with E-state index in [1.165, 1.54) is 10.6 Å². The van der Waals surface area contributed by atoms with Gasteiger partial charge in [0.1, 0.15) is 5.75 Å². The summed E-state index contributed by atoms with van der Waals surface area (Å²) >= 11 is 12.5. The Morgan fingerprint density at radius 2 is 1.60 bits per heavy atom. The highest BCUT2D eigenvalue weighted by molar-refractivity contribution is 7.88. The van der Waals surface area contributed by atoms with Gasteiger partial charge in [-0.2, -0.15) is 4.31 Å². The molecule has 0 saturated carbocycles. The first-order chi connectivity index (χ1) is 16.5. The van der Waals surface area contributed by atoms with Crippen molar-refractivity contribution >= 4 is 39.3 Å². The molecule has 190 valence electrons. The van der Waals surface area contributed by atoms with E-state index in [1.807, 2.05) is 43.0 Å². The highest BCUT2D eigenvalue weighted by Gasteiger charge is 2.39. The Morgan fingerprint density at radius 1 is 0.943 bits per heavy atom. The fourth-order valence-corrected chi connectivity index (χ4v) is 6.08. The van der Waals surface area contributed by atoms with E-state index < -0.39 is 10.0 Å². The van der Waals surface area contributed by atoms with E-state index in [1.54, 1.807) is 11.0 Å². The first-order valence-electron chi connectivity index (χ1n) is 11.7. The van der Waals surface area contributed by atoms with Crippen molar-refractivity contribution in [2.45, 2.75) is 19.8 Å². The van der Waals surface area contributed by atoms with E-state index in [4.69, 9.17) is 27.9 Å². The second-order valence-electron chi connectivity index (χ2n) is 9.51. The number of aryl methyl sites for hydroxylation is 2. The summed E-state index contributed by atoms with van der Waals surface area (Å²) in [6.07, 6.45) is 1.20. The zero-order valence-electron chi connectivity index (χ0n) is 20.2. The average molecular weight is 541 g/mol.